The van der Waals surface area contributed by atoms with Crippen molar-refractivity contribution >= 4 is 11.6 Å². The number of alkyl halides is 5. The first-order valence-electron chi connectivity index (χ1n) is 3.99. The first-order chi connectivity index (χ1) is 7.18. The molecule has 0 unspecified atom stereocenters. The third-order valence-corrected chi connectivity index (χ3v) is 2.06. The van der Waals surface area contributed by atoms with E-state index in [9.17, 15) is 22.0 Å². The largest absolute Gasteiger partial charge is 0.417 e. The Morgan fingerprint density at radius 1 is 1.25 bits per heavy atom. The maximum atomic E-state index is 13.0. The lowest BCUT2D eigenvalue weighted by atomic mass is 10.2. The van der Waals surface area contributed by atoms with Gasteiger partial charge in [0.2, 0.25) is 0 Å². The molecule has 0 saturated carbocycles. The van der Waals surface area contributed by atoms with Crippen molar-refractivity contribution in [3.8, 4) is 0 Å². The van der Waals surface area contributed by atoms with Crippen LogP contribution in [0.1, 0.15) is 11.3 Å². The molecule has 0 aromatic carbocycles. The number of nitrogens with two attached hydrogens (primary N) is 1. The van der Waals surface area contributed by atoms with E-state index in [1.807, 2.05) is 0 Å². The van der Waals surface area contributed by atoms with Crippen LogP contribution in [0.4, 0.5) is 22.0 Å². The molecule has 0 radical (unpaired) electrons. The van der Waals surface area contributed by atoms with Gasteiger partial charge in [-0.15, -0.1) is 0 Å². The number of aromatic nitrogens is 1. The molecule has 0 fully saturated rings. The summed E-state index contributed by atoms with van der Waals surface area (Å²) in [7, 11) is 0. The Morgan fingerprint density at radius 3 is 2.19 bits per heavy atom. The maximum absolute atomic E-state index is 13.0. The summed E-state index contributed by atoms with van der Waals surface area (Å²) in [5.41, 5.74) is 2.62. The van der Waals surface area contributed by atoms with E-state index in [1.54, 1.807) is 0 Å². The third kappa shape index (κ3) is 2.59. The lowest BCUT2D eigenvalue weighted by Gasteiger charge is -2.15. The van der Waals surface area contributed by atoms with Crippen LogP contribution in [0.25, 0.3) is 0 Å². The van der Waals surface area contributed by atoms with Gasteiger partial charge in [-0.05, 0) is 6.07 Å². The summed E-state index contributed by atoms with van der Waals surface area (Å²) in [4.78, 5) is 3.01. The van der Waals surface area contributed by atoms with Gasteiger partial charge in [0.1, 0.15) is 5.69 Å². The van der Waals surface area contributed by atoms with Crippen molar-refractivity contribution in [2.45, 2.75) is 12.1 Å². The molecule has 0 aliphatic heterocycles. The van der Waals surface area contributed by atoms with Crippen molar-refractivity contribution in [2.24, 2.45) is 5.73 Å². The van der Waals surface area contributed by atoms with Crippen LogP contribution in [-0.2, 0) is 12.1 Å². The van der Waals surface area contributed by atoms with Gasteiger partial charge in [-0.2, -0.15) is 22.0 Å². The first kappa shape index (κ1) is 13.1. The van der Waals surface area contributed by atoms with Gasteiger partial charge in [0.25, 0.3) is 0 Å². The van der Waals surface area contributed by atoms with Crippen molar-refractivity contribution in [2.75, 3.05) is 6.54 Å². The number of hydrogen-bond acceptors (Lipinski definition) is 2. The highest BCUT2D eigenvalue weighted by Crippen LogP contribution is 2.35. The fourth-order valence-corrected chi connectivity index (χ4v) is 1.26. The molecule has 1 aromatic rings. The van der Waals surface area contributed by atoms with Crippen molar-refractivity contribution in [3.05, 3.63) is 28.5 Å². The number of pyridine rings is 1. The Bertz CT molecular complexity index is 391. The number of nitrogens with zero attached hydrogens (tertiary/aromatic N) is 1. The van der Waals surface area contributed by atoms with Gasteiger partial charge < -0.3 is 5.73 Å². The summed E-state index contributed by atoms with van der Waals surface area (Å²) in [6, 6.07) is 0.396. The SMILES string of the molecule is NCC(F)(F)c1ncc(C(F)(F)F)cc1Cl. The summed E-state index contributed by atoms with van der Waals surface area (Å²) in [5, 5.41) is -0.759. The molecular weight excluding hydrogens is 255 g/mol. The zero-order valence-corrected chi connectivity index (χ0v) is 8.41. The van der Waals surface area contributed by atoms with Gasteiger partial charge in [-0.3, -0.25) is 4.98 Å². The Morgan fingerprint density at radius 2 is 1.81 bits per heavy atom. The molecule has 90 valence electrons. The fraction of sp³-hybridized carbons (Fsp3) is 0.375. The molecule has 1 rings (SSSR count). The minimum Gasteiger partial charge on any atom is -0.325 e. The Balaban J connectivity index is 3.20. The van der Waals surface area contributed by atoms with E-state index in [0.717, 1.165) is 0 Å². The molecule has 1 aromatic heterocycles. The van der Waals surface area contributed by atoms with Gasteiger partial charge >= 0.3 is 12.1 Å². The molecule has 0 amide bonds. The van der Waals surface area contributed by atoms with Crippen molar-refractivity contribution in [3.63, 3.8) is 0 Å². The molecule has 8 heteroatoms. The van der Waals surface area contributed by atoms with E-state index in [-0.39, 0.29) is 0 Å². The quantitative estimate of drug-likeness (QED) is 0.831. The van der Waals surface area contributed by atoms with E-state index in [4.69, 9.17) is 17.3 Å². The smallest absolute Gasteiger partial charge is 0.325 e. The molecule has 0 bridgehead atoms. The molecule has 0 saturated heterocycles. The zero-order chi connectivity index (χ0) is 12.6. The van der Waals surface area contributed by atoms with Crippen LogP contribution in [0.3, 0.4) is 0 Å². The fourth-order valence-electron chi connectivity index (χ4n) is 0.959. The van der Waals surface area contributed by atoms with E-state index in [2.05, 4.69) is 4.98 Å². The van der Waals surface area contributed by atoms with Crippen molar-refractivity contribution < 1.29 is 22.0 Å². The van der Waals surface area contributed by atoms with Gasteiger partial charge in [0.15, 0.2) is 0 Å². The van der Waals surface area contributed by atoms with Crippen molar-refractivity contribution in [1.82, 2.24) is 4.98 Å². The second kappa shape index (κ2) is 4.14. The van der Waals surface area contributed by atoms with Crippen LogP contribution < -0.4 is 5.73 Å². The summed E-state index contributed by atoms with van der Waals surface area (Å²) in [6.07, 6.45) is -4.38. The number of halogens is 6. The van der Waals surface area contributed by atoms with Crippen LogP contribution in [0.5, 0.6) is 0 Å². The number of hydrogen-bond donors (Lipinski definition) is 1. The lowest BCUT2D eigenvalue weighted by Crippen LogP contribution is -2.27. The van der Waals surface area contributed by atoms with Gasteiger partial charge in [-0.25, -0.2) is 0 Å². The Hall–Kier alpha value is -0.950. The van der Waals surface area contributed by atoms with Gasteiger partial charge in [0.05, 0.1) is 17.1 Å². The normalized spacial score (nSPS) is 12.9. The predicted molar refractivity (Wildman–Crippen MR) is 47.2 cm³/mol. The molecule has 0 spiro atoms. The van der Waals surface area contributed by atoms with Crippen molar-refractivity contribution in [1.29, 1.82) is 0 Å². The van der Waals surface area contributed by atoms with E-state index in [0.29, 0.717) is 12.3 Å². The van der Waals surface area contributed by atoms with Crippen LogP contribution in [0.15, 0.2) is 12.3 Å². The highest BCUT2D eigenvalue weighted by atomic mass is 35.5. The Labute approximate surface area is 92.2 Å². The second-order valence-electron chi connectivity index (χ2n) is 2.96. The average Bonchev–Trinajstić information content (AvgIpc) is 2.16. The summed E-state index contributed by atoms with van der Waals surface area (Å²) in [6.45, 7) is -1.08. The predicted octanol–water partition coefficient (Wildman–Crippen LogP) is 2.80. The Kier molecular flexibility index (Phi) is 3.39. The van der Waals surface area contributed by atoms with E-state index < -0.39 is 34.9 Å². The second-order valence-corrected chi connectivity index (χ2v) is 3.37. The van der Waals surface area contributed by atoms with E-state index in [1.165, 1.54) is 0 Å². The average molecular weight is 261 g/mol. The molecule has 0 aliphatic rings. The van der Waals surface area contributed by atoms with Gasteiger partial charge in [0, 0.05) is 6.20 Å². The highest BCUT2D eigenvalue weighted by Gasteiger charge is 2.37. The minimum atomic E-state index is -4.67. The molecule has 1 heterocycles. The van der Waals surface area contributed by atoms with Gasteiger partial charge in [-0.1, -0.05) is 11.6 Å². The van der Waals surface area contributed by atoms with Crippen LogP contribution >= 0.6 is 11.6 Å². The minimum absolute atomic E-state index is 0.296. The van der Waals surface area contributed by atoms with E-state index >= 15 is 0 Å². The van der Waals surface area contributed by atoms with Crippen LogP contribution in [0.2, 0.25) is 5.02 Å². The summed E-state index contributed by atoms with van der Waals surface area (Å²) >= 11 is 5.30. The highest BCUT2D eigenvalue weighted by molar-refractivity contribution is 6.31. The molecule has 0 aliphatic carbocycles. The maximum Gasteiger partial charge on any atom is 0.417 e. The monoisotopic (exact) mass is 260 g/mol. The number of rotatable bonds is 2. The molecule has 2 nitrogen and oxygen atoms in total. The van der Waals surface area contributed by atoms with Crippen LogP contribution in [-0.4, -0.2) is 11.5 Å². The lowest BCUT2D eigenvalue weighted by molar-refractivity contribution is -0.138. The molecule has 0 atom stereocenters. The van der Waals surface area contributed by atoms with Crippen LogP contribution in [0, 0.1) is 0 Å². The zero-order valence-electron chi connectivity index (χ0n) is 7.65. The third-order valence-electron chi connectivity index (χ3n) is 1.77. The summed E-state index contributed by atoms with van der Waals surface area (Å²) in [5.74, 6) is -3.54. The first-order valence-corrected chi connectivity index (χ1v) is 4.37. The molecular formula is C8H6ClF5N2. The standard InChI is InChI=1S/C8H6ClF5N2/c9-5-1-4(8(12,13)14)2-16-6(5)7(10,11)3-15/h1-2H,3,15H2. The molecule has 16 heavy (non-hydrogen) atoms. The summed E-state index contributed by atoms with van der Waals surface area (Å²) < 4.78 is 62.5. The topological polar surface area (TPSA) is 38.9 Å². The molecule has 2 N–H and O–H groups in total.